The van der Waals surface area contributed by atoms with E-state index < -0.39 is 24.3 Å². The molecule has 0 heterocycles. The molecular weight excluding hydrogens is 143 g/mol. The molecule has 0 aliphatic carbocycles. The number of hydrogen-bond acceptors (Lipinski definition) is 3. The highest BCUT2D eigenvalue weighted by Gasteiger charge is 2.35. The van der Waals surface area contributed by atoms with Gasteiger partial charge >= 0.3 is 5.97 Å². The van der Waals surface area contributed by atoms with Crippen molar-refractivity contribution in [1.82, 2.24) is 0 Å². The summed E-state index contributed by atoms with van der Waals surface area (Å²) >= 11 is 0. The highest BCUT2D eigenvalue weighted by molar-refractivity contribution is 5.73. The minimum atomic E-state index is -2.19. The smallest absolute Gasteiger partial charge is 0.335 e. The highest BCUT2D eigenvalue weighted by Crippen LogP contribution is 2.10. The standard InChI is InChI=1S/C5H9FO4/c1-5(10,2-6)3(7)4(8)9/h3,7,10H,2H2,1H3,(H,8,9). The third kappa shape index (κ3) is 1.93. The highest BCUT2D eigenvalue weighted by atomic mass is 19.1. The van der Waals surface area contributed by atoms with Crippen molar-refractivity contribution in [3.05, 3.63) is 0 Å². The first kappa shape index (κ1) is 9.32. The summed E-state index contributed by atoms with van der Waals surface area (Å²) in [5.41, 5.74) is -2.19. The molecule has 0 spiro atoms. The van der Waals surface area contributed by atoms with Crippen LogP contribution in [0.1, 0.15) is 6.92 Å². The quantitative estimate of drug-likeness (QED) is 0.492. The van der Waals surface area contributed by atoms with Gasteiger partial charge in [0.15, 0.2) is 6.10 Å². The fourth-order valence-corrected chi connectivity index (χ4v) is 0.339. The number of carboxylic acid groups (broad SMARTS) is 1. The molecule has 0 aromatic carbocycles. The molecule has 0 aliphatic rings. The Kier molecular flexibility index (Phi) is 2.74. The lowest BCUT2D eigenvalue weighted by molar-refractivity contribution is -0.162. The molecule has 2 unspecified atom stereocenters. The first-order chi connectivity index (χ1) is 4.41. The van der Waals surface area contributed by atoms with Crippen molar-refractivity contribution in [3.8, 4) is 0 Å². The molecule has 0 amide bonds. The van der Waals surface area contributed by atoms with Crippen LogP contribution < -0.4 is 0 Å². The Morgan fingerprint density at radius 2 is 2.20 bits per heavy atom. The maximum atomic E-state index is 11.7. The summed E-state index contributed by atoms with van der Waals surface area (Å²) in [4.78, 5) is 9.93. The molecule has 60 valence electrons. The zero-order valence-electron chi connectivity index (χ0n) is 5.41. The molecule has 0 aromatic rings. The van der Waals surface area contributed by atoms with Gasteiger partial charge in [0, 0.05) is 0 Å². The second-order valence-electron chi connectivity index (χ2n) is 2.23. The van der Waals surface area contributed by atoms with Gasteiger partial charge in [-0.1, -0.05) is 0 Å². The Morgan fingerprint density at radius 1 is 1.80 bits per heavy atom. The zero-order valence-corrected chi connectivity index (χ0v) is 5.41. The van der Waals surface area contributed by atoms with Crippen LogP contribution in [0.4, 0.5) is 4.39 Å². The van der Waals surface area contributed by atoms with E-state index in [0.717, 1.165) is 6.92 Å². The van der Waals surface area contributed by atoms with Crippen LogP contribution in [-0.2, 0) is 4.79 Å². The van der Waals surface area contributed by atoms with Crippen molar-refractivity contribution < 1.29 is 24.5 Å². The van der Waals surface area contributed by atoms with Crippen molar-refractivity contribution in [1.29, 1.82) is 0 Å². The number of aliphatic hydroxyl groups excluding tert-OH is 1. The van der Waals surface area contributed by atoms with Crippen LogP contribution in [0, 0.1) is 0 Å². The molecule has 0 fully saturated rings. The monoisotopic (exact) mass is 152 g/mol. The van der Waals surface area contributed by atoms with Crippen LogP contribution in [0.15, 0.2) is 0 Å². The molecule has 0 saturated heterocycles. The first-order valence-corrected chi connectivity index (χ1v) is 2.61. The van der Waals surface area contributed by atoms with Gasteiger partial charge in [-0.05, 0) is 6.92 Å². The van der Waals surface area contributed by atoms with E-state index in [1.165, 1.54) is 0 Å². The Balaban J connectivity index is 4.17. The minimum Gasteiger partial charge on any atom is -0.479 e. The van der Waals surface area contributed by atoms with Gasteiger partial charge in [-0.25, -0.2) is 9.18 Å². The average molecular weight is 152 g/mol. The van der Waals surface area contributed by atoms with Crippen LogP contribution in [-0.4, -0.2) is 39.7 Å². The van der Waals surface area contributed by atoms with E-state index in [1.54, 1.807) is 0 Å². The zero-order chi connectivity index (χ0) is 8.36. The van der Waals surface area contributed by atoms with Gasteiger partial charge in [0.25, 0.3) is 0 Å². The molecule has 10 heavy (non-hydrogen) atoms. The van der Waals surface area contributed by atoms with Crippen molar-refractivity contribution in [3.63, 3.8) is 0 Å². The Hall–Kier alpha value is -0.680. The number of carboxylic acids is 1. The summed E-state index contributed by atoms with van der Waals surface area (Å²) < 4.78 is 11.7. The van der Waals surface area contributed by atoms with Gasteiger partial charge in [0.2, 0.25) is 0 Å². The lowest BCUT2D eigenvalue weighted by Gasteiger charge is -2.21. The third-order valence-electron chi connectivity index (χ3n) is 1.09. The maximum Gasteiger partial charge on any atom is 0.335 e. The molecule has 0 aromatic heterocycles. The number of carbonyl (C=O) groups is 1. The molecule has 4 nitrogen and oxygen atoms in total. The largest absolute Gasteiger partial charge is 0.479 e. The minimum absolute atomic E-state index is 0.909. The van der Waals surface area contributed by atoms with Crippen LogP contribution in [0.25, 0.3) is 0 Å². The molecule has 2 atom stereocenters. The van der Waals surface area contributed by atoms with E-state index in [4.69, 9.17) is 15.3 Å². The van der Waals surface area contributed by atoms with E-state index in [0.29, 0.717) is 0 Å². The van der Waals surface area contributed by atoms with Gasteiger partial charge in [-0.15, -0.1) is 0 Å². The van der Waals surface area contributed by atoms with E-state index in [1.807, 2.05) is 0 Å². The van der Waals surface area contributed by atoms with Crippen LogP contribution in [0.5, 0.6) is 0 Å². The van der Waals surface area contributed by atoms with Gasteiger partial charge in [-0.2, -0.15) is 0 Å². The van der Waals surface area contributed by atoms with Crippen molar-refractivity contribution in [2.75, 3.05) is 6.67 Å². The van der Waals surface area contributed by atoms with Crippen LogP contribution in [0.3, 0.4) is 0 Å². The number of hydrogen-bond donors (Lipinski definition) is 3. The summed E-state index contributed by atoms with van der Waals surface area (Å²) in [6.07, 6.45) is -2.07. The summed E-state index contributed by atoms with van der Waals surface area (Å²) in [6, 6.07) is 0. The predicted octanol–water partition coefficient (Wildman–Crippen LogP) is -0.848. The fraction of sp³-hybridized carbons (Fsp3) is 0.800. The molecule has 5 heteroatoms. The summed E-state index contributed by atoms with van der Waals surface area (Å²) in [5, 5.41) is 25.4. The molecule has 0 radical (unpaired) electrons. The first-order valence-electron chi connectivity index (χ1n) is 2.61. The van der Waals surface area contributed by atoms with E-state index in [-0.39, 0.29) is 0 Å². The summed E-state index contributed by atoms with van der Waals surface area (Å²) in [5.74, 6) is -1.64. The number of rotatable bonds is 3. The fourth-order valence-electron chi connectivity index (χ4n) is 0.339. The van der Waals surface area contributed by atoms with Gasteiger partial charge in [0.1, 0.15) is 12.3 Å². The normalized spacial score (nSPS) is 19.6. The second-order valence-corrected chi connectivity index (χ2v) is 2.23. The van der Waals surface area contributed by atoms with E-state index in [9.17, 15) is 9.18 Å². The Bertz CT molecular complexity index is 134. The van der Waals surface area contributed by atoms with Gasteiger partial charge in [0.05, 0.1) is 0 Å². The lowest BCUT2D eigenvalue weighted by atomic mass is 10.0. The molecule has 3 N–H and O–H groups in total. The van der Waals surface area contributed by atoms with Gasteiger partial charge < -0.3 is 15.3 Å². The van der Waals surface area contributed by atoms with Crippen LogP contribution in [0.2, 0.25) is 0 Å². The van der Waals surface area contributed by atoms with E-state index in [2.05, 4.69) is 0 Å². The molecule has 0 aliphatic heterocycles. The third-order valence-corrected chi connectivity index (χ3v) is 1.09. The Labute approximate surface area is 56.9 Å². The molecule has 0 bridgehead atoms. The number of alkyl halides is 1. The molecule has 0 saturated carbocycles. The van der Waals surface area contributed by atoms with Crippen molar-refractivity contribution in [2.45, 2.75) is 18.6 Å². The average Bonchev–Trinajstić information content (AvgIpc) is 1.86. The predicted molar refractivity (Wildman–Crippen MR) is 30.2 cm³/mol. The van der Waals surface area contributed by atoms with Gasteiger partial charge in [-0.3, -0.25) is 0 Å². The lowest BCUT2D eigenvalue weighted by Crippen LogP contribution is -2.46. The second kappa shape index (κ2) is 2.94. The molecule has 0 rings (SSSR count). The SMILES string of the molecule is CC(O)(CF)C(O)C(=O)O. The number of halogens is 1. The summed E-state index contributed by atoms with van der Waals surface area (Å²) in [6.45, 7) is -0.383. The summed E-state index contributed by atoms with van der Waals surface area (Å²) in [7, 11) is 0. The van der Waals surface area contributed by atoms with E-state index >= 15 is 0 Å². The topological polar surface area (TPSA) is 77.8 Å². The molecular formula is C5H9FO4. The van der Waals surface area contributed by atoms with Crippen LogP contribution >= 0.6 is 0 Å². The number of aliphatic carboxylic acids is 1. The van der Waals surface area contributed by atoms with Crippen molar-refractivity contribution in [2.24, 2.45) is 0 Å². The maximum absolute atomic E-state index is 11.7. The van der Waals surface area contributed by atoms with Crippen molar-refractivity contribution >= 4 is 5.97 Å². The number of aliphatic hydroxyl groups is 2. The Morgan fingerprint density at radius 3 is 2.30 bits per heavy atom.